The van der Waals surface area contributed by atoms with Crippen LogP contribution in [0.15, 0.2) is 0 Å². The Labute approximate surface area is 100 Å². The van der Waals surface area contributed by atoms with Gasteiger partial charge in [-0.3, -0.25) is 10.2 Å². The first-order chi connectivity index (χ1) is 7.98. The molecule has 0 aromatic heterocycles. The van der Waals surface area contributed by atoms with Gasteiger partial charge in [0.1, 0.15) is 0 Å². The number of unbranched alkanes of at least 4 members (excludes halogenated alkanes) is 6. The number of halogens is 3. The summed E-state index contributed by atoms with van der Waals surface area (Å²) in [6.07, 6.45) is 2.84. The van der Waals surface area contributed by atoms with Crippen molar-refractivity contribution in [1.29, 1.82) is 0 Å². The van der Waals surface area contributed by atoms with Crippen LogP contribution in [0.25, 0.3) is 0 Å². The van der Waals surface area contributed by atoms with E-state index in [-0.39, 0.29) is 0 Å². The lowest BCUT2D eigenvalue weighted by Gasteiger charge is -2.08. The summed E-state index contributed by atoms with van der Waals surface area (Å²) in [6.45, 7) is 2.52. The lowest BCUT2D eigenvalue weighted by Crippen LogP contribution is -2.45. The summed E-state index contributed by atoms with van der Waals surface area (Å²) in [5.41, 5.74) is 3.89. The second kappa shape index (κ2) is 9.27. The predicted octanol–water partition coefficient (Wildman–Crippen LogP) is 2.92. The first-order valence-electron chi connectivity index (χ1n) is 6.08. The molecule has 0 heterocycles. The summed E-state index contributed by atoms with van der Waals surface area (Å²) >= 11 is 0. The SMILES string of the molecule is CCCCCCCCCNNC(=O)C(F)(F)F. The number of carbonyl (C=O) groups is 1. The van der Waals surface area contributed by atoms with Crippen LogP contribution in [-0.2, 0) is 4.79 Å². The molecule has 0 atom stereocenters. The molecular formula is C11H21F3N2O. The summed E-state index contributed by atoms with van der Waals surface area (Å²) < 4.78 is 35.2. The fourth-order valence-corrected chi connectivity index (χ4v) is 1.38. The molecule has 6 heteroatoms. The van der Waals surface area contributed by atoms with Gasteiger partial charge in [0.25, 0.3) is 0 Å². The van der Waals surface area contributed by atoms with Crippen molar-refractivity contribution in [1.82, 2.24) is 10.9 Å². The van der Waals surface area contributed by atoms with Gasteiger partial charge in [-0.1, -0.05) is 45.4 Å². The minimum absolute atomic E-state index is 0.371. The van der Waals surface area contributed by atoms with Gasteiger partial charge in [0.05, 0.1) is 0 Å². The van der Waals surface area contributed by atoms with Gasteiger partial charge in [-0.15, -0.1) is 0 Å². The van der Waals surface area contributed by atoms with Crippen molar-refractivity contribution in [2.75, 3.05) is 6.54 Å². The Bertz CT molecular complexity index is 207. The lowest BCUT2D eigenvalue weighted by molar-refractivity contribution is -0.174. The van der Waals surface area contributed by atoms with E-state index in [2.05, 4.69) is 12.3 Å². The van der Waals surface area contributed by atoms with Crippen molar-refractivity contribution < 1.29 is 18.0 Å². The third-order valence-electron chi connectivity index (χ3n) is 2.36. The zero-order chi connectivity index (χ0) is 13.1. The van der Waals surface area contributed by atoms with Gasteiger partial charge in [-0.05, 0) is 6.42 Å². The molecule has 0 saturated heterocycles. The topological polar surface area (TPSA) is 41.1 Å². The predicted molar refractivity (Wildman–Crippen MR) is 60.2 cm³/mol. The Balaban J connectivity index is 3.22. The van der Waals surface area contributed by atoms with Crippen LogP contribution < -0.4 is 10.9 Å². The van der Waals surface area contributed by atoms with Crippen LogP contribution in [0.5, 0.6) is 0 Å². The van der Waals surface area contributed by atoms with Crippen molar-refractivity contribution in [2.24, 2.45) is 0 Å². The number of nitrogens with one attached hydrogen (secondary N) is 2. The van der Waals surface area contributed by atoms with Gasteiger partial charge in [-0.25, -0.2) is 5.43 Å². The van der Waals surface area contributed by atoms with Gasteiger partial charge in [-0.2, -0.15) is 13.2 Å². The molecule has 0 spiro atoms. The van der Waals surface area contributed by atoms with Gasteiger partial charge in [0, 0.05) is 6.54 Å². The fourth-order valence-electron chi connectivity index (χ4n) is 1.38. The molecule has 0 aliphatic rings. The van der Waals surface area contributed by atoms with E-state index < -0.39 is 12.1 Å². The molecule has 1 amide bonds. The van der Waals surface area contributed by atoms with Crippen molar-refractivity contribution in [3.63, 3.8) is 0 Å². The molecule has 0 radical (unpaired) electrons. The Morgan fingerprint density at radius 1 is 1.00 bits per heavy atom. The van der Waals surface area contributed by atoms with Crippen LogP contribution in [0.3, 0.4) is 0 Å². The van der Waals surface area contributed by atoms with Crippen LogP contribution in [-0.4, -0.2) is 18.6 Å². The quantitative estimate of drug-likeness (QED) is 0.490. The highest BCUT2D eigenvalue weighted by Gasteiger charge is 2.38. The molecule has 0 aromatic rings. The van der Waals surface area contributed by atoms with Crippen molar-refractivity contribution >= 4 is 5.91 Å². The van der Waals surface area contributed by atoms with E-state index in [9.17, 15) is 18.0 Å². The summed E-state index contributed by atoms with van der Waals surface area (Å²) in [5.74, 6) is -1.94. The molecule has 0 unspecified atom stereocenters. The number of carbonyl (C=O) groups excluding carboxylic acids is 1. The maximum absolute atomic E-state index is 11.7. The molecular weight excluding hydrogens is 233 g/mol. The normalized spacial score (nSPS) is 11.5. The van der Waals surface area contributed by atoms with E-state index >= 15 is 0 Å². The van der Waals surface area contributed by atoms with E-state index in [1.807, 2.05) is 0 Å². The molecule has 102 valence electrons. The monoisotopic (exact) mass is 254 g/mol. The molecule has 0 fully saturated rings. The summed E-state index contributed by atoms with van der Waals surface area (Å²) in [7, 11) is 0. The van der Waals surface area contributed by atoms with E-state index in [1.54, 1.807) is 5.43 Å². The van der Waals surface area contributed by atoms with Gasteiger partial charge in [0.15, 0.2) is 0 Å². The van der Waals surface area contributed by atoms with Crippen LogP contribution in [0.4, 0.5) is 13.2 Å². The van der Waals surface area contributed by atoms with E-state index in [0.29, 0.717) is 6.54 Å². The molecule has 17 heavy (non-hydrogen) atoms. The summed E-state index contributed by atoms with van der Waals surface area (Å²) in [5, 5.41) is 0. The lowest BCUT2D eigenvalue weighted by atomic mass is 10.1. The molecule has 0 aliphatic carbocycles. The Morgan fingerprint density at radius 3 is 2.06 bits per heavy atom. The molecule has 3 nitrogen and oxygen atoms in total. The second-order valence-electron chi connectivity index (χ2n) is 4.00. The first kappa shape index (κ1) is 16.2. The Kier molecular flexibility index (Phi) is 8.85. The zero-order valence-corrected chi connectivity index (χ0v) is 10.2. The number of hydrogen-bond donors (Lipinski definition) is 2. The standard InChI is InChI=1S/C11H21F3N2O/c1-2-3-4-5-6-7-8-9-15-16-10(17)11(12,13)14/h15H,2-9H2,1H3,(H,16,17). The maximum atomic E-state index is 11.7. The largest absolute Gasteiger partial charge is 0.472 e. The molecule has 2 N–H and O–H groups in total. The van der Waals surface area contributed by atoms with Gasteiger partial charge >= 0.3 is 12.1 Å². The highest BCUT2D eigenvalue weighted by Crippen LogP contribution is 2.13. The maximum Gasteiger partial charge on any atom is 0.472 e. The fraction of sp³-hybridized carbons (Fsp3) is 0.909. The Morgan fingerprint density at radius 2 is 1.53 bits per heavy atom. The number of hydrazine groups is 1. The number of amides is 1. The van der Waals surface area contributed by atoms with Gasteiger partial charge in [0.2, 0.25) is 0 Å². The van der Waals surface area contributed by atoms with Crippen LogP contribution in [0.1, 0.15) is 51.9 Å². The minimum atomic E-state index is -4.81. The summed E-state index contributed by atoms with van der Waals surface area (Å²) in [4.78, 5) is 10.4. The third kappa shape index (κ3) is 10.1. The highest BCUT2D eigenvalue weighted by atomic mass is 19.4. The molecule has 0 rings (SSSR count). The van der Waals surface area contributed by atoms with Crippen molar-refractivity contribution in [3.8, 4) is 0 Å². The van der Waals surface area contributed by atoms with Crippen LogP contribution in [0, 0.1) is 0 Å². The summed E-state index contributed by atoms with van der Waals surface area (Å²) in [6, 6.07) is 0. The number of alkyl halides is 3. The van der Waals surface area contributed by atoms with E-state index in [4.69, 9.17) is 0 Å². The van der Waals surface area contributed by atoms with Crippen molar-refractivity contribution in [2.45, 2.75) is 58.0 Å². The average molecular weight is 254 g/mol. The Hall–Kier alpha value is -0.780. The third-order valence-corrected chi connectivity index (χ3v) is 2.36. The van der Waals surface area contributed by atoms with E-state index in [0.717, 1.165) is 19.3 Å². The number of hydrogen-bond acceptors (Lipinski definition) is 2. The zero-order valence-electron chi connectivity index (χ0n) is 10.2. The molecule has 0 aliphatic heterocycles. The molecule has 0 aromatic carbocycles. The minimum Gasteiger partial charge on any atom is -0.284 e. The first-order valence-corrected chi connectivity index (χ1v) is 6.08. The van der Waals surface area contributed by atoms with Crippen molar-refractivity contribution in [3.05, 3.63) is 0 Å². The molecule has 0 saturated carbocycles. The van der Waals surface area contributed by atoms with Gasteiger partial charge < -0.3 is 0 Å². The highest BCUT2D eigenvalue weighted by molar-refractivity contribution is 5.81. The average Bonchev–Trinajstić information content (AvgIpc) is 2.25. The smallest absolute Gasteiger partial charge is 0.284 e. The number of rotatable bonds is 9. The van der Waals surface area contributed by atoms with Crippen LogP contribution in [0.2, 0.25) is 0 Å². The van der Waals surface area contributed by atoms with Crippen LogP contribution >= 0.6 is 0 Å². The second-order valence-corrected chi connectivity index (χ2v) is 4.00. The van der Waals surface area contributed by atoms with E-state index in [1.165, 1.54) is 25.7 Å². The molecule has 0 bridgehead atoms.